The van der Waals surface area contributed by atoms with Crippen LogP contribution in [-0.2, 0) is 0 Å². The number of nitrogen functional groups attached to an aromatic ring is 1. The van der Waals surface area contributed by atoms with E-state index in [1.165, 1.54) is 11.1 Å². The van der Waals surface area contributed by atoms with Gasteiger partial charge in [0.1, 0.15) is 0 Å². The maximum Gasteiger partial charge on any atom is 0.0319 e. The Kier molecular flexibility index (Phi) is 4.34. The van der Waals surface area contributed by atoms with Gasteiger partial charge in [-0.2, -0.15) is 0 Å². The number of nitrogens with two attached hydrogens (primary N) is 1. The van der Waals surface area contributed by atoms with Crippen molar-refractivity contribution in [2.24, 2.45) is 0 Å². The van der Waals surface area contributed by atoms with Gasteiger partial charge >= 0.3 is 0 Å². The zero-order chi connectivity index (χ0) is 6.85. The number of rotatable bonds is 0. The van der Waals surface area contributed by atoms with E-state index < -0.39 is 0 Å². The number of aryl methyl sites for hydroxylation is 2. The molecule has 1 nitrogen and oxygen atoms in total. The van der Waals surface area contributed by atoms with E-state index in [0.29, 0.717) is 0 Å². The van der Waals surface area contributed by atoms with E-state index in [1.54, 1.807) is 0 Å². The van der Waals surface area contributed by atoms with E-state index in [0.717, 1.165) is 5.69 Å². The molecule has 0 bridgehead atoms. The van der Waals surface area contributed by atoms with Crippen molar-refractivity contribution in [1.29, 1.82) is 0 Å². The zero-order valence-corrected chi connectivity index (χ0v) is 6.87. The molecule has 0 aromatic heterocycles. The third-order valence-corrected chi connectivity index (χ3v) is 1.24. The summed E-state index contributed by atoms with van der Waals surface area (Å²) in [5.74, 6) is 0. The quantitative estimate of drug-likeness (QED) is 0.577. The summed E-state index contributed by atoms with van der Waals surface area (Å²) in [6.07, 6.45) is 0. The van der Waals surface area contributed by atoms with Crippen molar-refractivity contribution >= 4 is 5.69 Å². The van der Waals surface area contributed by atoms with Gasteiger partial charge in [-0.3, -0.25) is 0 Å². The number of benzene rings is 1. The van der Waals surface area contributed by atoms with Crippen LogP contribution in [0.5, 0.6) is 0 Å². The standard InChI is InChI=1S/C8H11N.Ar/c1-6-3-7(2)5-8(9)4-6;/h3-5H,9H2,1-2H3;. The van der Waals surface area contributed by atoms with Gasteiger partial charge in [-0.05, 0) is 37.1 Å². The van der Waals surface area contributed by atoms with Crippen molar-refractivity contribution in [3.63, 3.8) is 0 Å². The van der Waals surface area contributed by atoms with Crippen molar-refractivity contribution in [1.82, 2.24) is 0 Å². The molecule has 0 unspecified atom stereocenters. The molecule has 0 saturated heterocycles. The van der Waals surface area contributed by atoms with Crippen LogP contribution in [0.2, 0.25) is 0 Å². The van der Waals surface area contributed by atoms with Gasteiger partial charge in [0.15, 0.2) is 0 Å². The fourth-order valence-corrected chi connectivity index (χ4v) is 1.01. The predicted octanol–water partition coefficient (Wildman–Crippen LogP) is 1.89. The number of anilines is 1. The molecule has 0 aliphatic carbocycles. The molecular weight excluding hydrogens is 150 g/mol. The van der Waals surface area contributed by atoms with E-state index in [-0.39, 0.29) is 37.7 Å². The van der Waals surface area contributed by atoms with E-state index in [9.17, 15) is 0 Å². The summed E-state index contributed by atoms with van der Waals surface area (Å²) in [5.41, 5.74) is 8.87. The van der Waals surface area contributed by atoms with E-state index in [4.69, 9.17) is 5.73 Å². The smallest absolute Gasteiger partial charge is 0.0319 e. The molecular formula is C8H11ArN. The summed E-state index contributed by atoms with van der Waals surface area (Å²) in [6, 6.07) is 6.04. The molecule has 0 saturated carbocycles. The van der Waals surface area contributed by atoms with Crippen molar-refractivity contribution in [2.75, 3.05) is 5.73 Å². The Balaban J connectivity index is 0.000000810. The first-order chi connectivity index (χ1) is 4.18. The predicted molar refractivity (Wildman–Crippen MR) is 40.3 cm³/mol. The maximum atomic E-state index is 5.56. The van der Waals surface area contributed by atoms with Crippen LogP contribution < -0.4 is 5.73 Å². The molecule has 1 aromatic rings. The van der Waals surface area contributed by atoms with Crippen LogP contribution in [0.1, 0.15) is 11.1 Å². The molecule has 0 heterocycles. The van der Waals surface area contributed by atoms with Crippen molar-refractivity contribution in [2.45, 2.75) is 13.8 Å². The van der Waals surface area contributed by atoms with Gasteiger partial charge in [-0.25, -0.2) is 0 Å². The average Bonchev–Trinajstić information content (AvgIpc) is 1.59. The molecule has 1 rings (SSSR count). The Morgan fingerprint density at radius 2 is 1.40 bits per heavy atom. The summed E-state index contributed by atoms with van der Waals surface area (Å²) in [7, 11) is 0. The Hall–Kier alpha value is 0.280. The molecule has 0 aliphatic heterocycles. The van der Waals surface area contributed by atoms with Crippen LogP contribution in [0.4, 0.5) is 5.69 Å². The minimum absolute atomic E-state index is 0. The SMILES string of the molecule is Cc1cc(C)cc(N)c1.[Ar]. The second-order valence-electron chi connectivity index (χ2n) is 2.42. The Bertz CT molecular complexity index is 170. The first kappa shape index (κ1) is 10.3. The summed E-state index contributed by atoms with van der Waals surface area (Å²) in [6.45, 7) is 4.09. The van der Waals surface area contributed by atoms with E-state index >= 15 is 0 Å². The van der Waals surface area contributed by atoms with Gasteiger partial charge in [0.2, 0.25) is 0 Å². The third-order valence-electron chi connectivity index (χ3n) is 1.24. The molecule has 0 aliphatic rings. The molecule has 1 aromatic carbocycles. The van der Waals surface area contributed by atoms with Crippen molar-refractivity contribution in [3.8, 4) is 0 Å². The monoisotopic (exact) mass is 161 g/mol. The summed E-state index contributed by atoms with van der Waals surface area (Å²) < 4.78 is 0. The molecule has 0 radical (unpaired) electrons. The fraction of sp³-hybridized carbons (Fsp3) is 0.250. The molecule has 0 atom stereocenters. The van der Waals surface area contributed by atoms with Gasteiger partial charge in [-0.15, -0.1) is 0 Å². The Morgan fingerprint density at radius 1 is 1.00 bits per heavy atom. The second-order valence-corrected chi connectivity index (χ2v) is 2.42. The Morgan fingerprint density at radius 3 is 1.70 bits per heavy atom. The molecule has 2 heteroatoms. The van der Waals surface area contributed by atoms with Crippen LogP contribution in [0.15, 0.2) is 18.2 Å². The summed E-state index contributed by atoms with van der Waals surface area (Å²) >= 11 is 0. The van der Waals surface area contributed by atoms with Crippen molar-refractivity contribution < 1.29 is 37.7 Å². The first-order valence-electron chi connectivity index (χ1n) is 3.02. The number of hydrogen-bond acceptors (Lipinski definition) is 1. The zero-order valence-electron chi connectivity index (χ0n) is 6.16. The summed E-state index contributed by atoms with van der Waals surface area (Å²) in [5, 5.41) is 0. The van der Waals surface area contributed by atoms with Gasteiger partial charge in [-0.1, -0.05) is 6.07 Å². The van der Waals surface area contributed by atoms with E-state index in [1.807, 2.05) is 26.0 Å². The first-order valence-corrected chi connectivity index (χ1v) is 3.02. The van der Waals surface area contributed by atoms with Gasteiger partial charge in [0, 0.05) is 43.4 Å². The normalized spacial score (nSPS) is 8.60. The van der Waals surface area contributed by atoms with Crippen molar-refractivity contribution in [3.05, 3.63) is 29.3 Å². The van der Waals surface area contributed by atoms with Gasteiger partial charge in [0.25, 0.3) is 0 Å². The topological polar surface area (TPSA) is 26.0 Å². The molecule has 0 spiro atoms. The molecule has 56 valence electrons. The second kappa shape index (κ2) is 4.22. The summed E-state index contributed by atoms with van der Waals surface area (Å²) in [4.78, 5) is 0. The molecule has 10 heavy (non-hydrogen) atoms. The molecule has 2 N–H and O–H groups in total. The van der Waals surface area contributed by atoms with E-state index in [2.05, 4.69) is 6.07 Å². The van der Waals surface area contributed by atoms with Crippen LogP contribution in [0.25, 0.3) is 0 Å². The number of hydrogen-bond donors (Lipinski definition) is 1. The van der Waals surface area contributed by atoms with Gasteiger partial charge < -0.3 is 5.73 Å². The van der Waals surface area contributed by atoms with Crippen LogP contribution in [-0.4, -0.2) is 0 Å². The van der Waals surface area contributed by atoms with Crippen LogP contribution in [0, 0.1) is 51.6 Å². The maximum absolute atomic E-state index is 5.56. The largest absolute Gasteiger partial charge is 0.399 e. The van der Waals surface area contributed by atoms with Gasteiger partial charge in [0.05, 0.1) is 0 Å². The van der Waals surface area contributed by atoms with Crippen LogP contribution >= 0.6 is 0 Å². The third kappa shape index (κ3) is 2.91. The fourth-order valence-electron chi connectivity index (χ4n) is 1.01. The molecule has 0 amide bonds. The van der Waals surface area contributed by atoms with Crippen LogP contribution in [0.3, 0.4) is 0 Å². The Labute approximate surface area is 91.6 Å². The average molecular weight is 161 g/mol. The minimum atomic E-state index is 0. The molecule has 0 fully saturated rings. The minimum Gasteiger partial charge on any atom is -0.399 e.